The van der Waals surface area contributed by atoms with Crippen molar-refractivity contribution in [1.29, 1.82) is 0 Å². The molecule has 1 aromatic carbocycles. The molecule has 96 valence electrons. The number of nitrogens with one attached hydrogen (secondary N) is 4. The lowest BCUT2D eigenvalue weighted by atomic mass is 10.1. The van der Waals surface area contributed by atoms with Gasteiger partial charge in [0, 0.05) is 29.1 Å². The number of H-pyrrole nitrogens is 1. The second-order valence-electron chi connectivity index (χ2n) is 4.42. The van der Waals surface area contributed by atoms with Gasteiger partial charge in [-0.05, 0) is 34.5 Å². The highest BCUT2D eigenvalue weighted by Crippen LogP contribution is 2.38. The Morgan fingerprint density at radius 3 is 2.83 bits per heavy atom. The molecule has 4 nitrogen and oxygen atoms in total. The maximum atomic E-state index is 6.27. The Hall–Kier alpha value is -0.750. The Labute approximate surface area is 119 Å². The standard InChI is InChI=1S/C12H14BrClN4/c1-6-4-7(13)11(18-12-15-2-3-16-12)9-8(14)5-17-10(6)9/h4-5,12,15-18H,2-3H2,1H3. The maximum Gasteiger partial charge on any atom is 0.132 e. The average Bonchev–Trinajstić information content (AvgIpc) is 2.94. The van der Waals surface area contributed by atoms with Crippen molar-refractivity contribution in [2.24, 2.45) is 0 Å². The second-order valence-corrected chi connectivity index (χ2v) is 5.68. The summed E-state index contributed by atoms with van der Waals surface area (Å²) >= 11 is 9.88. The molecule has 6 heteroatoms. The van der Waals surface area contributed by atoms with Gasteiger partial charge in [0.2, 0.25) is 0 Å². The van der Waals surface area contributed by atoms with E-state index in [-0.39, 0.29) is 6.29 Å². The summed E-state index contributed by atoms with van der Waals surface area (Å²) in [4.78, 5) is 3.22. The van der Waals surface area contributed by atoms with Crippen LogP contribution in [-0.4, -0.2) is 24.4 Å². The number of rotatable bonds is 2. The third-order valence-corrected chi connectivity index (χ3v) is 4.09. The Morgan fingerprint density at radius 1 is 1.39 bits per heavy atom. The fourth-order valence-corrected chi connectivity index (χ4v) is 3.20. The van der Waals surface area contributed by atoms with E-state index in [2.05, 4.69) is 49.9 Å². The van der Waals surface area contributed by atoms with Gasteiger partial charge in [0.15, 0.2) is 0 Å². The van der Waals surface area contributed by atoms with Crippen molar-refractivity contribution in [3.05, 3.63) is 27.3 Å². The summed E-state index contributed by atoms with van der Waals surface area (Å²) in [6.45, 7) is 3.99. The van der Waals surface area contributed by atoms with Crippen molar-refractivity contribution in [2.75, 3.05) is 18.4 Å². The van der Waals surface area contributed by atoms with E-state index in [1.807, 2.05) is 6.20 Å². The van der Waals surface area contributed by atoms with E-state index in [1.54, 1.807) is 0 Å². The molecular weight excluding hydrogens is 316 g/mol. The van der Waals surface area contributed by atoms with E-state index in [9.17, 15) is 0 Å². The number of fused-ring (bicyclic) bond motifs is 1. The highest BCUT2D eigenvalue weighted by Gasteiger charge is 2.18. The predicted octanol–water partition coefficient (Wildman–Crippen LogP) is 2.78. The number of aromatic nitrogens is 1. The summed E-state index contributed by atoms with van der Waals surface area (Å²) in [5, 5.41) is 11.8. The van der Waals surface area contributed by atoms with Gasteiger partial charge in [-0.15, -0.1) is 0 Å². The molecule has 3 rings (SSSR count). The largest absolute Gasteiger partial charge is 0.359 e. The van der Waals surface area contributed by atoms with Crippen molar-refractivity contribution < 1.29 is 0 Å². The molecule has 0 bridgehead atoms. The average molecular weight is 330 g/mol. The summed E-state index contributed by atoms with van der Waals surface area (Å²) in [5.41, 5.74) is 3.25. The molecule has 1 saturated heterocycles. The first kappa shape index (κ1) is 12.3. The molecule has 1 aliphatic rings. The van der Waals surface area contributed by atoms with Crippen molar-refractivity contribution in [2.45, 2.75) is 13.2 Å². The van der Waals surface area contributed by atoms with Gasteiger partial charge in [-0.2, -0.15) is 0 Å². The first-order valence-corrected chi connectivity index (χ1v) is 7.03. The molecule has 1 aromatic heterocycles. The van der Waals surface area contributed by atoms with Gasteiger partial charge in [-0.25, -0.2) is 0 Å². The number of aromatic amines is 1. The Bertz CT molecular complexity index is 589. The van der Waals surface area contributed by atoms with E-state index >= 15 is 0 Å². The summed E-state index contributed by atoms with van der Waals surface area (Å²) < 4.78 is 1.02. The Kier molecular flexibility index (Phi) is 3.23. The predicted molar refractivity (Wildman–Crippen MR) is 79.2 cm³/mol. The van der Waals surface area contributed by atoms with Gasteiger partial charge in [-0.3, -0.25) is 10.6 Å². The van der Waals surface area contributed by atoms with Crippen molar-refractivity contribution >= 4 is 44.1 Å². The number of hydrogen-bond acceptors (Lipinski definition) is 3. The molecule has 2 aromatic rings. The first-order valence-electron chi connectivity index (χ1n) is 5.86. The fourth-order valence-electron chi connectivity index (χ4n) is 2.30. The number of anilines is 1. The molecule has 4 N–H and O–H groups in total. The van der Waals surface area contributed by atoms with Crippen LogP contribution in [0.15, 0.2) is 16.7 Å². The number of aryl methyl sites for hydroxylation is 1. The van der Waals surface area contributed by atoms with E-state index in [0.29, 0.717) is 0 Å². The van der Waals surface area contributed by atoms with Crippen molar-refractivity contribution in [1.82, 2.24) is 15.6 Å². The topological polar surface area (TPSA) is 51.9 Å². The summed E-state index contributed by atoms with van der Waals surface area (Å²) in [6.07, 6.45) is 1.91. The van der Waals surface area contributed by atoms with E-state index in [4.69, 9.17) is 11.6 Å². The van der Waals surface area contributed by atoms with Crippen LogP contribution in [-0.2, 0) is 0 Å². The lowest BCUT2D eigenvalue weighted by Crippen LogP contribution is -2.38. The van der Waals surface area contributed by atoms with E-state index in [0.717, 1.165) is 39.2 Å². The minimum Gasteiger partial charge on any atom is -0.359 e. The van der Waals surface area contributed by atoms with Gasteiger partial charge < -0.3 is 10.3 Å². The van der Waals surface area contributed by atoms with Crippen LogP contribution in [0.1, 0.15) is 5.56 Å². The Morgan fingerprint density at radius 2 is 2.11 bits per heavy atom. The van der Waals surface area contributed by atoms with Crippen LogP contribution >= 0.6 is 27.5 Å². The van der Waals surface area contributed by atoms with Crippen LogP contribution in [0.2, 0.25) is 5.02 Å². The lowest BCUT2D eigenvalue weighted by molar-refractivity contribution is 0.621. The van der Waals surface area contributed by atoms with Crippen molar-refractivity contribution in [3.63, 3.8) is 0 Å². The molecule has 1 fully saturated rings. The lowest BCUT2D eigenvalue weighted by Gasteiger charge is -2.18. The number of halogens is 2. The van der Waals surface area contributed by atoms with Crippen LogP contribution < -0.4 is 16.0 Å². The SMILES string of the molecule is Cc1cc(Br)c(NC2NCCN2)c2c(Cl)c[nH]c12. The molecule has 0 atom stereocenters. The molecular formula is C12H14BrClN4. The first-order chi connectivity index (χ1) is 8.66. The van der Waals surface area contributed by atoms with Crippen LogP contribution in [0.25, 0.3) is 10.9 Å². The monoisotopic (exact) mass is 328 g/mol. The summed E-state index contributed by atoms with van der Waals surface area (Å²) in [6, 6.07) is 2.09. The molecule has 1 aliphatic heterocycles. The van der Waals surface area contributed by atoms with Crippen LogP contribution in [0, 0.1) is 6.92 Å². The highest BCUT2D eigenvalue weighted by molar-refractivity contribution is 9.10. The molecule has 0 unspecified atom stereocenters. The summed E-state index contributed by atoms with van der Waals surface area (Å²) in [7, 11) is 0. The van der Waals surface area contributed by atoms with Crippen LogP contribution in [0.5, 0.6) is 0 Å². The minimum absolute atomic E-state index is 0.0816. The molecule has 0 saturated carbocycles. The highest BCUT2D eigenvalue weighted by atomic mass is 79.9. The van der Waals surface area contributed by atoms with Gasteiger partial charge >= 0.3 is 0 Å². The van der Waals surface area contributed by atoms with E-state index < -0.39 is 0 Å². The normalized spacial score (nSPS) is 16.6. The van der Waals surface area contributed by atoms with Gasteiger partial charge in [-0.1, -0.05) is 11.6 Å². The molecule has 0 aliphatic carbocycles. The van der Waals surface area contributed by atoms with Crippen LogP contribution in [0.4, 0.5) is 5.69 Å². The fraction of sp³-hybridized carbons (Fsp3) is 0.333. The third kappa shape index (κ3) is 2.01. The molecule has 0 amide bonds. The molecule has 0 radical (unpaired) electrons. The zero-order valence-corrected chi connectivity index (χ0v) is 12.2. The van der Waals surface area contributed by atoms with E-state index in [1.165, 1.54) is 5.56 Å². The zero-order chi connectivity index (χ0) is 12.7. The van der Waals surface area contributed by atoms with Crippen LogP contribution in [0.3, 0.4) is 0 Å². The molecule has 0 spiro atoms. The maximum absolute atomic E-state index is 6.27. The van der Waals surface area contributed by atoms with Crippen molar-refractivity contribution in [3.8, 4) is 0 Å². The number of hydrogen-bond donors (Lipinski definition) is 4. The minimum atomic E-state index is 0.0816. The zero-order valence-electron chi connectivity index (χ0n) is 9.90. The molecule has 18 heavy (non-hydrogen) atoms. The Balaban J connectivity index is 2.11. The van der Waals surface area contributed by atoms with Gasteiger partial charge in [0.25, 0.3) is 0 Å². The smallest absolute Gasteiger partial charge is 0.132 e. The second kappa shape index (κ2) is 4.74. The summed E-state index contributed by atoms with van der Waals surface area (Å²) in [5.74, 6) is 0. The molecule has 2 heterocycles. The third-order valence-electron chi connectivity index (χ3n) is 3.17. The van der Waals surface area contributed by atoms with Gasteiger partial charge in [0.05, 0.1) is 16.2 Å². The number of benzene rings is 1. The van der Waals surface area contributed by atoms with Gasteiger partial charge in [0.1, 0.15) is 6.29 Å². The quantitative estimate of drug-likeness (QED) is 0.685.